The smallest absolute Gasteiger partial charge is 0.115 e. The minimum absolute atomic E-state index is 0.745. The van der Waals surface area contributed by atoms with Crippen molar-refractivity contribution in [3.05, 3.63) is 23.8 Å². The predicted molar refractivity (Wildman–Crippen MR) is 63.3 cm³/mol. The second-order valence-corrected chi connectivity index (χ2v) is 5.11. The Morgan fingerprint density at radius 3 is 2.69 bits per heavy atom. The molecule has 0 amide bonds. The van der Waals surface area contributed by atoms with Crippen LogP contribution in [-0.4, -0.2) is 23.1 Å². The van der Waals surface area contributed by atoms with Crippen molar-refractivity contribution in [3.8, 4) is 0 Å². The molecule has 0 bridgehead atoms. The Balaban J connectivity index is 1.66. The van der Waals surface area contributed by atoms with Gasteiger partial charge in [0.05, 0.1) is 0 Å². The number of hydrogen-bond acceptors (Lipinski definition) is 3. The highest BCUT2D eigenvalue weighted by molar-refractivity contribution is 5.17. The molecule has 1 saturated heterocycles. The van der Waals surface area contributed by atoms with Gasteiger partial charge in [0.25, 0.3) is 0 Å². The van der Waals surface area contributed by atoms with Crippen LogP contribution >= 0.6 is 0 Å². The quantitative estimate of drug-likeness (QED) is 0.840. The van der Waals surface area contributed by atoms with Gasteiger partial charge in [0.2, 0.25) is 0 Å². The van der Waals surface area contributed by atoms with Crippen LogP contribution in [0.2, 0.25) is 0 Å². The first-order chi connectivity index (χ1) is 7.92. The summed E-state index contributed by atoms with van der Waals surface area (Å²) in [5, 5.41) is 3.41. The molecular formula is C13H19N3. The Bertz CT molecular complexity index is 354. The summed E-state index contributed by atoms with van der Waals surface area (Å²) in [4.78, 5) is 8.78. The number of rotatable bonds is 3. The summed E-state index contributed by atoms with van der Waals surface area (Å²) in [5.41, 5.74) is 2.53. The van der Waals surface area contributed by atoms with Crippen molar-refractivity contribution < 1.29 is 0 Å². The lowest BCUT2D eigenvalue weighted by Crippen LogP contribution is -2.28. The van der Waals surface area contributed by atoms with Crippen LogP contribution in [0.3, 0.4) is 0 Å². The zero-order chi connectivity index (χ0) is 10.8. The van der Waals surface area contributed by atoms with Gasteiger partial charge >= 0.3 is 0 Å². The molecule has 2 aliphatic rings. The molecule has 86 valence electrons. The zero-order valence-corrected chi connectivity index (χ0v) is 9.65. The average Bonchev–Trinajstić information content (AvgIpc) is 3.15. The largest absolute Gasteiger partial charge is 0.317 e. The summed E-state index contributed by atoms with van der Waals surface area (Å²) < 4.78 is 0. The first-order valence-electron chi connectivity index (χ1n) is 6.43. The van der Waals surface area contributed by atoms with Gasteiger partial charge in [-0.3, -0.25) is 0 Å². The molecule has 0 aromatic carbocycles. The molecule has 1 aromatic rings. The van der Waals surface area contributed by atoms with Crippen LogP contribution < -0.4 is 5.32 Å². The van der Waals surface area contributed by atoms with Gasteiger partial charge < -0.3 is 5.32 Å². The van der Waals surface area contributed by atoms with Crippen LogP contribution in [0.5, 0.6) is 0 Å². The minimum atomic E-state index is 0.745. The van der Waals surface area contributed by atoms with Crippen LogP contribution in [-0.2, 0) is 6.42 Å². The van der Waals surface area contributed by atoms with Crippen LogP contribution in [0.4, 0.5) is 0 Å². The monoisotopic (exact) mass is 217 g/mol. The first kappa shape index (κ1) is 10.2. The molecule has 2 heterocycles. The van der Waals surface area contributed by atoms with Crippen molar-refractivity contribution in [2.24, 2.45) is 5.92 Å². The Kier molecular flexibility index (Phi) is 2.87. The third-order valence-electron chi connectivity index (χ3n) is 3.70. The predicted octanol–water partition coefficient (Wildman–Crippen LogP) is 1.90. The Labute approximate surface area is 96.7 Å². The maximum absolute atomic E-state index is 4.41. The summed E-state index contributed by atoms with van der Waals surface area (Å²) in [7, 11) is 0. The van der Waals surface area contributed by atoms with Crippen LogP contribution in [0, 0.1) is 5.92 Å². The number of aromatic nitrogens is 2. The highest BCUT2D eigenvalue weighted by Crippen LogP contribution is 2.38. The fraction of sp³-hybridized carbons (Fsp3) is 0.692. The molecule has 1 aromatic heterocycles. The van der Waals surface area contributed by atoms with E-state index in [9.17, 15) is 0 Å². The van der Waals surface area contributed by atoms with Crippen molar-refractivity contribution in [1.82, 2.24) is 15.3 Å². The third-order valence-corrected chi connectivity index (χ3v) is 3.70. The normalized spacial score (nSPS) is 22.2. The molecule has 1 aliphatic heterocycles. The van der Waals surface area contributed by atoms with E-state index in [0.717, 1.165) is 18.3 Å². The fourth-order valence-electron chi connectivity index (χ4n) is 2.51. The summed E-state index contributed by atoms with van der Waals surface area (Å²) in [5.74, 6) is 1.57. The van der Waals surface area contributed by atoms with Crippen LogP contribution in [0.1, 0.15) is 43.0 Å². The molecule has 0 atom stereocenters. The lowest BCUT2D eigenvalue weighted by Gasteiger charge is -2.22. The van der Waals surface area contributed by atoms with Crippen LogP contribution in [0.25, 0.3) is 0 Å². The molecule has 2 fully saturated rings. The summed E-state index contributed by atoms with van der Waals surface area (Å²) in [6, 6.07) is 2.24. The van der Waals surface area contributed by atoms with E-state index in [1.54, 1.807) is 6.33 Å². The molecule has 3 rings (SSSR count). The van der Waals surface area contributed by atoms with Crippen molar-refractivity contribution in [2.45, 2.75) is 38.0 Å². The lowest BCUT2D eigenvalue weighted by atomic mass is 9.93. The summed E-state index contributed by atoms with van der Waals surface area (Å²) >= 11 is 0. The molecule has 1 saturated carbocycles. The Hall–Kier alpha value is -0.960. The van der Waals surface area contributed by atoms with Gasteiger partial charge in [-0.2, -0.15) is 0 Å². The maximum Gasteiger partial charge on any atom is 0.115 e. The van der Waals surface area contributed by atoms with Crippen molar-refractivity contribution in [1.29, 1.82) is 0 Å². The summed E-state index contributed by atoms with van der Waals surface area (Å²) in [6.45, 7) is 2.34. The molecule has 16 heavy (non-hydrogen) atoms. The molecular weight excluding hydrogens is 198 g/mol. The number of nitrogens with zero attached hydrogens (tertiary/aromatic N) is 2. The van der Waals surface area contributed by atoms with E-state index >= 15 is 0 Å². The number of piperidine rings is 1. The average molecular weight is 217 g/mol. The second kappa shape index (κ2) is 4.50. The van der Waals surface area contributed by atoms with E-state index in [4.69, 9.17) is 0 Å². The number of nitrogens with one attached hydrogen (secondary N) is 1. The molecule has 3 nitrogen and oxygen atoms in total. The Morgan fingerprint density at radius 2 is 1.94 bits per heavy atom. The standard InChI is InChI=1S/C13H19N3/c1-2-11(1)13-8-12(15-9-16-13)7-10-3-5-14-6-4-10/h8-11,14H,1-7H2. The fourth-order valence-corrected chi connectivity index (χ4v) is 2.51. The van der Waals surface area contributed by atoms with Crippen molar-refractivity contribution >= 4 is 0 Å². The SMILES string of the molecule is c1nc(CC2CCNCC2)cc(C2CC2)n1. The van der Waals surface area contributed by atoms with Gasteiger partial charge in [-0.1, -0.05) is 0 Å². The van der Waals surface area contributed by atoms with E-state index < -0.39 is 0 Å². The van der Waals surface area contributed by atoms with E-state index in [-0.39, 0.29) is 0 Å². The van der Waals surface area contributed by atoms with Crippen LogP contribution in [0.15, 0.2) is 12.4 Å². The van der Waals surface area contributed by atoms with Gasteiger partial charge in [-0.05, 0) is 57.2 Å². The highest BCUT2D eigenvalue weighted by atomic mass is 14.9. The third kappa shape index (κ3) is 2.40. The molecule has 1 aliphatic carbocycles. The number of hydrogen-bond donors (Lipinski definition) is 1. The minimum Gasteiger partial charge on any atom is -0.317 e. The van der Waals surface area contributed by atoms with Gasteiger partial charge in [0.1, 0.15) is 6.33 Å². The van der Waals surface area contributed by atoms with E-state index in [0.29, 0.717) is 0 Å². The molecule has 0 spiro atoms. The molecule has 1 N–H and O–H groups in total. The highest BCUT2D eigenvalue weighted by Gasteiger charge is 2.25. The zero-order valence-electron chi connectivity index (χ0n) is 9.65. The summed E-state index contributed by atoms with van der Waals surface area (Å²) in [6.07, 6.45) is 8.13. The topological polar surface area (TPSA) is 37.8 Å². The van der Waals surface area contributed by atoms with E-state index in [2.05, 4.69) is 21.4 Å². The van der Waals surface area contributed by atoms with Crippen molar-refractivity contribution in [3.63, 3.8) is 0 Å². The molecule has 0 unspecified atom stereocenters. The van der Waals surface area contributed by atoms with Crippen molar-refractivity contribution in [2.75, 3.05) is 13.1 Å². The first-order valence-corrected chi connectivity index (χ1v) is 6.43. The molecule has 0 radical (unpaired) electrons. The van der Waals surface area contributed by atoms with Gasteiger partial charge in [-0.15, -0.1) is 0 Å². The van der Waals surface area contributed by atoms with Gasteiger partial charge in [0.15, 0.2) is 0 Å². The van der Waals surface area contributed by atoms with Gasteiger partial charge in [0, 0.05) is 17.3 Å². The van der Waals surface area contributed by atoms with Gasteiger partial charge in [-0.25, -0.2) is 9.97 Å². The lowest BCUT2D eigenvalue weighted by molar-refractivity contribution is 0.370. The molecule has 3 heteroatoms. The van der Waals surface area contributed by atoms with E-state index in [1.807, 2.05) is 0 Å². The Morgan fingerprint density at radius 1 is 1.12 bits per heavy atom. The second-order valence-electron chi connectivity index (χ2n) is 5.11. The van der Waals surface area contributed by atoms with E-state index in [1.165, 1.54) is 50.2 Å². The maximum atomic E-state index is 4.41.